The molecule has 0 aliphatic heterocycles. The van der Waals surface area contributed by atoms with Crippen molar-refractivity contribution in [2.75, 3.05) is 16.8 Å². The lowest BCUT2D eigenvalue weighted by Gasteiger charge is -2.30. The second-order valence-electron chi connectivity index (χ2n) is 7.01. The minimum Gasteiger partial charge on any atom is -0.352 e. The lowest BCUT2D eigenvalue weighted by Crippen LogP contribution is -2.40. The highest BCUT2D eigenvalue weighted by molar-refractivity contribution is 7.80. The molecule has 0 saturated carbocycles. The summed E-state index contributed by atoms with van der Waals surface area (Å²) < 4.78 is 14.6. The van der Waals surface area contributed by atoms with Gasteiger partial charge in [0.25, 0.3) is 5.91 Å². The van der Waals surface area contributed by atoms with Gasteiger partial charge in [0.2, 0.25) is 0 Å². The molecule has 0 unspecified atom stereocenters. The zero-order valence-corrected chi connectivity index (χ0v) is 19.2. The number of thiocarbonyl (C=S) groups is 1. The average Bonchev–Trinajstić information content (AvgIpc) is 2.72. The van der Waals surface area contributed by atoms with Gasteiger partial charge in [0.1, 0.15) is 5.82 Å². The SMILES string of the molecule is O=C=O.[C-]#[N+]c1ccc(NC(=S)N(c2ccc(C(=O)NCCC)c(F)c2)C(C)C)cc1C. The zero-order chi connectivity index (χ0) is 24.3. The van der Waals surface area contributed by atoms with Crippen LogP contribution in [-0.2, 0) is 9.59 Å². The van der Waals surface area contributed by atoms with E-state index in [0.29, 0.717) is 23.0 Å². The fourth-order valence-corrected chi connectivity index (χ4v) is 3.30. The molecule has 0 aliphatic rings. The van der Waals surface area contributed by atoms with Crippen molar-refractivity contribution in [3.63, 3.8) is 0 Å². The molecular formula is C23H25FN4O3S. The van der Waals surface area contributed by atoms with E-state index in [1.165, 1.54) is 12.1 Å². The van der Waals surface area contributed by atoms with Gasteiger partial charge < -0.3 is 15.5 Å². The summed E-state index contributed by atoms with van der Waals surface area (Å²) in [5, 5.41) is 6.23. The summed E-state index contributed by atoms with van der Waals surface area (Å²) >= 11 is 5.56. The fourth-order valence-electron chi connectivity index (χ4n) is 2.86. The van der Waals surface area contributed by atoms with E-state index in [0.717, 1.165) is 17.7 Å². The smallest absolute Gasteiger partial charge is 0.352 e. The third kappa shape index (κ3) is 7.27. The van der Waals surface area contributed by atoms with Gasteiger partial charge in [-0.1, -0.05) is 13.0 Å². The molecule has 0 saturated heterocycles. The van der Waals surface area contributed by atoms with Crippen LogP contribution in [-0.4, -0.2) is 29.8 Å². The highest BCUT2D eigenvalue weighted by atomic mass is 32.1. The van der Waals surface area contributed by atoms with Gasteiger partial charge in [-0.3, -0.25) is 4.79 Å². The molecule has 0 spiro atoms. The second-order valence-corrected chi connectivity index (χ2v) is 7.40. The molecule has 0 radical (unpaired) electrons. The van der Waals surface area contributed by atoms with Crippen molar-refractivity contribution in [2.45, 2.75) is 40.2 Å². The summed E-state index contributed by atoms with van der Waals surface area (Å²) in [7, 11) is 0. The Balaban J connectivity index is 0.00000161. The maximum atomic E-state index is 14.6. The van der Waals surface area contributed by atoms with Crippen LogP contribution in [0.2, 0.25) is 0 Å². The van der Waals surface area contributed by atoms with Crippen molar-refractivity contribution in [1.82, 2.24) is 5.32 Å². The van der Waals surface area contributed by atoms with Crippen LogP contribution in [0.4, 0.5) is 21.5 Å². The molecule has 2 N–H and O–H groups in total. The van der Waals surface area contributed by atoms with Crippen LogP contribution in [0.25, 0.3) is 4.85 Å². The van der Waals surface area contributed by atoms with Crippen LogP contribution in [0.1, 0.15) is 43.1 Å². The predicted octanol–water partition coefficient (Wildman–Crippen LogP) is 4.85. The Kier molecular flexibility index (Phi) is 10.7. The molecule has 0 bridgehead atoms. The molecule has 0 atom stereocenters. The first-order valence-corrected chi connectivity index (χ1v) is 10.3. The van der Waals surface area contributed by atoms with Crippen LogP contribution in [0, 0.1) is 19.3 Å². The summed E-state index contributed by atoms with van der Waals surface area (Å²) in [5.41, 5.74) is 2.74. The van der Waals surface area contributed by atoms with E-state index < -0.39 is 11.7 Å². The first kappa shape index (κ1) is 26.4. The quantitative estimate of drug-likeness (QED) is 0.478. The summed E-state index contributed by atoms with van der Waals surface area (Å²) in [6.45, 7) is 15.3. The Labute approximate surface area is 192 Å². The van der Waals surface area contributed by atoms with E-state index in [2.05, 4.69) is 15.5 Å². The Morgan fingerprint density at radius 1 is 1.25 bits per heavy atom. The molecule has 7 nitrogen and oxygen atoms in total. The number of nitrogens with one attached hydrogen (secondary N) is 2. The maximum Gasteiger partial charge on any atom is 0.373 e. The third-order valence-corrected chi connectivity index (χ3v) is 4.61. The lowest BCUT2D eigenvalue weighted by atomic mass is 10.1. The van der Waals surface area contributed by atoms with Crippen molar-refractivity contribution in [3.8, 4) is 0 Å². The molecule has 32 heavy (non-hydrogen) atoms. The third-order valence-electron chi connectivity index (χ3n) is 4.31. The molecule has 0 aliphatic carbocycles. The van der Waals surface area contributed by atoms with Gasteiger partial charge in [0, 0.05) is 24.0 Å². The van der Waals surface area contributed by atoms with Gasteiger partial charge in [-0.05, 0) is 75.3 Å². The summed E-state index contributed by atoms with van der Waals surface area (Å²) in [5.74, 6) is -1.02. The van der Waals surface area contributed by atoms with Crippen molar-refractivity contribution >= 4 is 46.5 Å². The highest BCUT2D eigenvalue weighted by Gasteiger charge is 2.19. The molecule has 168 valence electrons. The van der Waals surface area contributed by atoms with Crippen LogP contribution >= 0.6 is 12.2 Å². The molecule has 9 heteroatoms. The number of rotatable bonds is 6. The normalized spacial score (nSPS) is 9.66. The van der Waals surface area contributed by atoms with Gasteiger partial charge in [-0.25, -0.2) is 9.24 Å². The molecule has 0 aromatic heterocycles. The molecule has 2 aromatic carbocycles. The van der Waals surface area contributed by atoms with E-state index in [1.807, 2.05) is 33.8 Å². The van der Waals surface area contributed by atoms with E-state index in [4.69, 9.17) is 28.4 Å². The molecule has 1 amide bonds. The number of benzene rings is 2. The minimum absolute atomic E-state index is 0.00939. The minimum atomic E-state index is -0.596. The van der Waals surface area contributed by atoms with Crippen molar-refractivity contribution in [2.24, 2.45) is 0 Å². The Bertz CT molecular complexity index is 1040. The monoisotopic (exact) mass is 456 g/mol. The van der Waals surface area contributed by atoms with Gasteiger partial charge in [0.05, 0.1) is 12.1 Å². The number of hydrogen-bond donors (Lipinski definition) is 2. The molecule has 0 heterocycles. The van der Waals surface area contributed by atoms with E-state index in [1.54, 1.807) is 23.1 Å². The number of hydrogen-bond acceptors (Lipinski definition) is 4. The number of halogens is 1. The van der Waals surface area contributed by atoms with Crippen LogP contribution in [0.15, 0.2) is 36.4 Å². The number of nitrogens with zero attached hydrogens (tertiary/aromatic N) is 2. The first-order chi connectivity index (χ1) is 15.2. The lowest BCUT2D eigenvalue weighted by molar-refractivity contribution is -0.191. The first-order valence-electron chi connectivity index (χ1n) is 9.85. The maximum absolute atomic E-state index is 14.6. The molecule has 2 aromatic rings. The van der Waals surface area contributed by atoms with Gasteiger partial charge in [0.15, 0.2) is 10.8 Å². The molecule has 0 fully saturated rings. The van der Waals surface area contributed by atoms with Crippen LogP contribution < -0.4 is 15.5 Å². The van der Waals surface area contributed by atoms with E-state index >= 15 is 0 Å². The van der Waals surface area contributed by atoms with Crippen molar-refractivity contribution in [1.29, 1.82) is 0 Å². The van der Waals surface area contributed by atoms with Crippen LogP contribution in [0.3, 0.4) is 0 Å². The summed E-state index contributed by atoms with van der Waals surface area (Å²) in [6, 6.07) is 9.80. The van der Waals surface area contributed by atoms with Gasteiger partial charge in [-0.2, -0.15) is 9.59 Å². The number of carbonyl (C=O) groups is 1. The number of amides is 1. The van der Waals surface area contributed by atoms with Crippen LogP contribution in [0.5, 0.6) is 0 Å². The second kappa shape index (κ2) is 13.0. The summed E-state index contributed by atoms with van der Waals surface area (Å²) in [6.07, 6.45) is 1.03. The van der Waals surface area contributed by atoms with Crippen molar-refractivity contribution in [3.05, 3.63) is 64.8 Å². The molecular weight excluding hydrogens is 431 g/mol. The van der Waals surface area contributed by atoms with Gasteiger partial charge >= 0.3 is 6.15 Å². The number of aryl methyl sites for hydroxylation is 1. The largest absolute Gasteiger partial charge is 0.373 e. The fraction of sp³-hybridized carbons (Fsp3) is 0.304. The highest BCUT2D eigenvalue weighted by Crippen LogP contribution is 2.25. The van der Waals surface area contributed by atoms with E-state index in [9.17, 15) is 9.18 Å². The summed E-state index contributed by atoms with van der Waals surface area (Å²) in [4.78, 5) is 33.6. The standard InChI is InChI=1S/C22H25FN4OS.CO2/c1-6-11-25-21(28)18-9-8-17(13-19(18)23)27(14(2)3)22(29)26-16-7-10-20(24-5)15(4)12-16;2-1-3/h7-10,12-14H,6,11H2,1-4H3,(H,25,28)(H,26,29);. The Morgan fingerprint density at radius 2 is 1.91 bits per heavy atom. The van der Waals surface area contributed by atoms with Gasteiger partial charge in [-0.15, -0.1) is 0 Å². The zero-order valence-electron chi connectivity index (χ0n) is 18.4. The molecule has 2 rings (SSSR count). The predicted molar refractivity (Wildman–Crippen MR) is 125 cm³/mol. The Morgan fingerprint density at radius 3 is 2.41 bits per heavy atom. The average molecular weight is 457 g/mol. The number of anilines is 2. The van der Waals surface area contributed by atoms with E-state index in [-0.39, 0.29) is 17.8 Å². The topological polar surface area (TPSA) is 82.9 Å². The Hall–Kier alpha value is -3.60. The number of carbonyl (C=O) groups excluding carboxylic acids is 3. The van der Waals surface area contributed by atoms with Crippen molar-refractivity contribution < 1.29 is 18.8 Å².